The molecule has 1 saturated heterocycles. The fourth-order valence-electron chi connectivity index (χ4n) is 2.18. The lowest BCUT2D eigenvalue weighted by molar-refractivity contribution is -0.143. The Kier molecular flexibility index (Phi) is 8.86. The average Bonchev–Trinajstić information content (AvgIpc) is 2.41. The van der Waals surface area contributed by atoms with Gasteiger partial charge >= 0.3 is 5.97 Å². The van der Waals surface area contributed by atoms with Crippen molar-refractivity contribution in [2.24, 2.45) is 0 Å². The predicted octanol–water partition coefficient (Wildman–Crippen LogP) is 1.80. The first kappa shape index (κ1) is 15.4. The molecular formula is C14H28N2O2. The summed E-state index contributed by atoms with van der Waals surface area (Å²) in [6.45, 7) is 8.42. The van der Waals surface area contributed by atoms with Gasteiger partial charge in [0.15, 0.2) is 0 Å². The van der Waals surface area contributed by atoms with Crippen molar-refractivity contribution in [3.63, 3.8) is 0 Å². The van der Waals surface area contributed by atoms with Gasteiger partial charge in [0, 0.05) is 32.6 Å². The van der Waals surface area contributed by atoms with Gasteiger partial charge in [0.05, 0.1) is 6.61 Å². The highest BCUT2D eigenvalue weighted by atomic mass is 16.5. The number of nitrogens with zero attached hydrogens (tertiary/aromatic N) is 1. The number of ether oxygens (including phenoxy) is 1. The van der Waals surface area contributed by atoms with Gasteiger partial charge in [0.2, 0.25) is 0 Å². The third-order valence-electron chi connectivity index (χ3n) is 3.28. The summed E-state index contributed by atoms with van der Waals surface area (Å²) in [4.78, 5) is 13.8. The molecule has 106 valence electrons. The molecule has 0 atom stereocenters. The zero-order valence-corrected chi connectivity index (χ0v) is 11.7. The van der Waals surface area contributed by atoms with E-state index in [1.165, 1.54) is 32.5 Å². The molecule has 1 aliphatic rings. The van der Waals surface area contributed by atoms with Crippen LogP contribution in [-0.2, 0) is 9.53 Å². The largest absolute Gasteiger partial charge is 0.466 e. The molecule has 4 nitrogen and oxygen atoms in total. The summed E-state index contributed by atoms with van der Waals surface area (Å²) in [5, 5.41) is 3.36. The van der Waals surface area contributed by atoms with Crippen LogP contribution < -0.4 is 5.32 Å². The summed E-state index contributed by atoms with van der Waals surface area (Å²) in [5.74, 6) is -0.0287. The second-order valence-corrected chi connectivity index (χ2v) is 4.98. The van der Waals surface area contributed by atoms with Crippen LogP contribution in [0.2, 0.25) is 0 Å². The molecule has 0 aliphatic carbocycles. The normalized spacial score (nSPS) is 16.7. The number of nitrogens with one attached hydrogen (secondary N) is 1. The smallest absolute Gasteiger partial charge is 0.305 e. The van der Waals surface area contributed by atoms with Gasteiger partial charge in [-0.15, -0.1) is 0 Å². The minimum absolute atomic E-state index is 0.0287. The van der Waals surface area contributed by atoms with E-state index in [4.69, 9.17) is 4.74 Å². The number of rotatable bonds is 9. The first-order valence-electron chi connectivity index (χ1n) is 7.41. The summed E-state index contributed by atoms with van der Waals surface area (Å²) in [5.41, 5.74) is 0. The van der Waals surface area contributed by atoms with Gasteiger partial charge < -0.3 is 15.0 Å². The fourth-order valence-corrected chi connectivity index (χ4v) is 2.18. The van der Waals surface area contributed by atoms with Crippen molar-refractivity contribution in [3.05, 3.63) is 0 Å². The molecule has 1 aliphatic heterocycles. The summed E-state index contributed by atoms with van der Waals surface area (Å²) < 4.78 is 5.04. The van der Waals surface area contributed by atoms with E-state index >= 15 is 0 Å². The quantitative estimate of drug-likeness (QED) is 0.504. The molecule has 1 rings (SSSR count). The highest BCUT2D eigenvalue weighted by Crippen LogP contribution is 2.06. The second kappa shape index (κ2) is 10.3. The van der Waals surface area contributed by atoms with Crippen LogP contribution in [-0.4, -0.2) is 50.2 Å². The van der Waals surface area contributed by atoms with E-state index in [2.05, 4.69) is 10.2 Å². The molecule has 18 heavy (non-hydrogen) atoms. The lowest BCUT2D eigenvalue weighted by Crippen LogP contribution is -2.43. The Hall–Kier alpha value is -0.610. The third kappa shape index (κ3) is 7.67. The molecule has 1 fully saturated rings. The molecule has 0 aromatic heterocycles. The molecule has 0 aromatic carbocycles. The molecule has 0 amide bonds. The van der Waals surface area contributed by atoms with Crippen molar-refractivity contribution in [2.45, 2.75) is 45.4 Å². The minimum Gasteiger partial charge on any atom is -0.466 e. The lowest BCUT2D eigenvalue weighted by atomic mass is 10.1. The van der Waals surface area contributed by atoms with Crippen LogP contribution in [0.4, 0.5) is 0 Å². The summed E-state index contributed by atoms with van der Waals surface area (Å²) in [6.07, 6.45) is 6.11. The van der Waals surface area contributed by atoms with Gasteiger partial charge in [-0.1, -0.05) is 19.8 Å². The number of carbonyl (C=O) groups excluding carboxylic acids is 1. The molecular weight excluding hydrogens is 228 g/mol. The Balaban J connectivity index is 1.84. The lowest BCUT2D eigenvalue weighted by Gasteiger charge is -2.26. The zero-order chi connectivity index (χ0) is 13.1. The Morgan fingerprint density at radius 2 is 1.89 bits per heavy atom. The van der Waals surface area contributed by atoms with Crippen molar-refractivity contribution < 1.29 is 9.53 Å². The van der Waals surface area contributed by atoms with Crippen LogP contribution in [0.25, 0.3) is 0 Å². The molecule has 0 bridgehead atoms. The molecule has 1 N–H and O–H groups in total. The van der Waals surface area contributed by atoms with Crippen molar-refractivity contribution in [2.75, 3.05) is 39.3 Å². The van der Waals surface area contributed by atoms with Gasteiger partial charge in [-0.05, 0) is 25.8 Å². The van der Waals surface area contributed by atoms with Gasteiger partial charge in [-0.25, -0.2) is 0 Å². The topological polar surface area (TPSA) is 41.6 Å². The maximum atomic E-state index is 11.2. The van der Waals surface area contributed by atoms with Crippen molar-refractivity contribution >= 4 is 5.97 Å². The highest BCUT2D eigenvalue weighted by molar-refractivity contribution is 5.69. The van der Waals surface area contributed by atoms with Crippen LogP contribution in [0.5, 0.6) is 0 Å². The van der Waals surface area contributed by atoms with Crippen molar-refractivity contribution in [3.8, 4) is 0 Å². The van der Waals surface area contributed by atoms with E-state index in [1.807, 2.05) is 6.92 Å². The van der Waals surface area contributed by atoms with Crippen LogP contribution >= 0.6 is 0 Å². The van der Waals surface area contributed by atoms with E-state index in [9.17, 15) is 4.79 Å². The number of esters is 1. The molecule has 4 heteroatoms. The average molecular weight is 256 g/mol. The molecule has 0 aromatic rings. The van der Waals surface area contributed by atoms with Crippen LogP contribution in [0.3, 0.4) is 0 Å². The first-order valence-corrected chi connectivity index (χ1v) is 7.41. The van der Waals surface area contributed by atoms with E-state index in [-0.39, 0.29) is 5.97 Å². The molecule has 0 radical (unpaired) electrons. The molecule has 0 saturated carbocycles. The van der Waals surface area contributed by atoms with Gasteiger partial charge in [-0.3, -0.25) is 4.79 Å². The Bertz CT molecular complexity index is 216. The number of unbranched alkanes of at least 4 members (excludes halogenated alkanes) is 3. The second-order valence-electron chi connectivity index (χ2n) is 4.98. The van der Waals surface area contributed by atoms with E-state index in [0.29, 0.717) is 13.0 Å². The maximum Gasteiger partial charge on any atom is 0.305 e. The fraction of sp³-hybridized carbons (Fsp3) is 0.929. The third-order valence-corrected chi connectivity index (χ3v) is 3.28. The highest BCUT2D eigenvalue weighted by Gasteiger charge is 2.08. The van der Waals surface area contributed by atoms with Crippen LogP contribution in [0.15, 0.2) is 0 Å². The van der Waals surface area contributed by atoms with Crippen molar-refractivity contribution in [1.82, 2.24) is 10.2 Å². The number of carbonyl (C=O) groups is 1. The van der Waals surface area contributed by atoms with Crippen LogP contribution in [0.1, 0.15) is 45.4 Å². The number of hydrogen-bond acceptors (Lipinski definition) is 4. The first-order chi connectivity index (χ1) is 8.83. The van der Waals surface area contributed by atoms with Gasteiger partial charge in [0.1, 0.15) is 0 Å². The molecule has 0 unspecified atom stereocenters. The van der Waals surface area contributed by atoms with Crippen molar-refractivity contribution in [1.29, 1.82) is 0 Å². The minimum atomic E-state index is -0.0287. The standard InChI is InChI=1S/C14H28N2O2/c1-2-13-18-14(17)7-5-3-4-6-10-16-11-8-15-9-12-16/h15H,2-13H2,1H3. The maximum absolute atomic E-state index is 11.2. The van der Waals surface area contributed by atoms with E-state index in [1.54, 1.807) is 0 Å². The van der Waals surface area contributed by atoms with Gasteiger partial charge in [-0.2, -0.15) is 0 Å². The van der Waals surface area contributed by atoms with Gasteiger partial charge in [0.25, 0.3) is 0 Å². The SMILES string of the molecule is CCCOC(=O)CCCCCCN1CCNCC1. The predicted molar refractivity (Wildman–Crippen MR) is 73.6 cm³/mol. The Morgan fingerprint density at radius 1 is 1.17 bits per heavy atom. The van der Waals surface area contributed by atoms with Crippen LogP contribution in [0, 0.1) is 0 Å². The zero-order valence-electron chi connectivity index (χ0n) is 11.7. The summed E-state index contributed by atoms with van der Waals surface area (Å²) >= 11 is 0. The molecule has 1 heterocycles. The summed E-state index contributed by atoms with van der Waals surface area (Å²) in [7, 11) is 0. The van der Waals surface area contributed by atoms with E-state index < -0.39 is 0 Å². The monoisotopic (exact) mass is 256 g/mol. The van der Waals surface area contributed by atoms with E-state index in [0.717, 1.165) is 32.4 Å². The number of hydrogen-bond donors (Lipinski definition) is 1. The summed E-state index contributed by atoms with van der Waals surface area (Å²) in [6, 6.07) is 0. The Labute approximate surface area is 111 Å². The number of piperazine rings is 1. The Morgan fingerprint density at radius 3 is 2.61 bits per heavy atom. The molecule has 0 spiro atoms.